The van der Waals surface area contributed by atoms with Crippen molar-refractivity contribution in [2.24, 2.45) is 5.92 Å². The minimum absolute atomic E-state index is 0.138. The van der Waals surface area contributed by atoms with Gasteiger partial charge >= 0.3 is 0 Å². The molecule has 4 atom stereocenters. The molecule has 2 aliphatic rings. The Hall–Kier alpha value is -0.120. The molecule has 1 aliphatic carbocycles. The van der Waals surface area contributed by atoms with Crippen molar-refractivity contribution < 1.29 is 5.11 Å². The third-order valence-corrected chi connectivity index (χ3v) is 5.55. The van der Waals surface area contributed by atoms with Crippen molar-refractivity contribution in [3.05, 3.63) is 0 Å². The SMILES string of the molecule is CNC(C)(CO)CC(C)N1CCCC2CCCCC21. The Kier molecular flexibility index (Phi) is 5.27. The van der Waals surface area contributed by atoms with Crippen LogP contribution in [0.25, 0.3) is 0 Å². The van der Waals surface area contributed by atoms with Gasteiger partial charge in [-0.05, 0) is 65.5 Å². The van der Waals surface area contributed by atoms with Crippen LogP contribution in [0.15, 0.2) is 0 Å². The van der Waals surface area contributed by atoms with Crippen molar-refractivity contribution in [1.82, 2.24) is 10.2 Å². The third-order valence-electron chi connectivity index (χ3n) is 5.55. The second-order valence-corrected chi connectivity index (χ2v) is 7.01. The van der Waals surface area contributed by atoms with Crippen LogP contribution < -0.4 is 5.32 Å². The number of aliphatic hydroxyl groups is 1. The van der Waals surface area contributed by atoms with Crippen molar-refractivity contribution in [3.8, 4) is 0 Å². The molecule has 19 heavy (non-hydrogen) atoms. The molecule has 2 N–H and O–H groups in total. The second-order valence-electron chi connectivity index (χ2n) is 7.01. The number of aliphatic hydroxyl groups excluding tert-OH is 1. The Labute approximate surface area is 118 Å². The summed E-state index contributed by atoms with van der Waals surface area (Å²) in [7, 11) is 1.96. The Balaban J connectivity index is 1.98. The highest BCUT2D eigenvalue weighted by Crippen LogP contribution is 2.37. The monoisotopic (exact) mass is 268 g/mol. The molecule has 0 aromatic carbocycles. The van der Waals surface area contributed by atoms with E-state index in [0.29, 0.717) is 6.04 Å². The third kappa shape index (κ3) is 3.50. The molecule has 2 fully saturated rings. The summed E-state index contributed by atoms with van der Waals surface area (Å²) in [6.07, 6.45) is 9.52. The van der Waals surface area contributed by atoms with E-state index in [0.717, 1.165) is 18.4 Å². The van der Waals surface area contributed by atoms with Gasteiger partial charge in [0.1, 0.15) is 0 Å². The number of nitrogens with one attached hydrogen (secondary N) is 1. The topological polar surface area (TPSA) is 35.5 Å². The van der Waals surface area contributed by atoms with Crippen LogP contribution in [-0.2, 0) is 0 Å². The lowest BCUT2D eigenvalue weighted by atomic mass is 9.77. The van der Waals surface area contributed by atoms with E-state index in [9.17, 15) is 5.11 Å². The Morgan fingerprint density at radius 2 is 1.95 bits per heavy atom. The summed E-state index contributed by atoms with van der Waals surface area (Å²) in [5.41, 5.74) is -0.138. The van der Waals surface area contributed by atoms with Crippen molar-refractivity contribution in [1.29, 1.82) is 0 Å². The molecule has 3 nitrogen and oxygen atoms in total. The molecule has 3 heteroatoms. The molecule has 4 unspecified atom stereocenters. The van der Waals surface area contributed by atoms with Gasteiger partial charge in [-0.2, -0.15) is 0 Å². The first-order valence-corrected chi connectivity index (χ1v) is 8.15. The van der Waals surface area contributed by atoms with Crippen molar-refractivity contribution >= 4 is 0 Å². The molecular formula is C16H32N2O. The fourth-order valence-corrected chi connectivity index (χ4v) is 4.23. The summed E-state index contributed by atoms with van der Waals surface area (Å²) in [5.74, 6) is 0.944. The summed E-state index contributed by atoms with van der Waals surface area (Å²) in [6, 6.07) is 1.38. The van der Waals surface area contributed by atoms with Crippen LogP contribution in [0.5, 0.6) is 0 Å². The van der Waals surface area contributed by atoms with E-state index in [1.54, 1.807) is 0 Å². The first kappa shape index (κ1) is 15.3. The quantitative estimate of drug-likeness (QED) is 0.803. The lowest BCUT2D eigenvalue weighted by Gasteiger charge is -2.48. The maximum atomic E-state index is 9.58. The largest absolute Gasteiger partial charge is 0.394 e. The van der Waals surface area contributed by atoms with Crippen LogP contribution in [0.3, 0.4) is 0 Å². The number of nitrogens with zero attached hydrogens (tertiary/aromatic N) is 1. The summed E-state index contributed by atoms with van der Waals surface area (Å²) >= 11 is 0. The summed E-state index contributed by atoms with van der Waals surface area (Å²) in [5, 5.41) is 12.9. The lowest BCUT2D eigenvalue weighted by molar-refractivity contribution is 0.0150. The molecule has 1 heterocycles. The normalized spacial score (nSPS) is 33.5. The van der Waals surface area contributed by atoms with Crippen LogP contribution in [0, 0.1) is 5.92 Å². The number of piperidine rings is 1. The van der Waals surface area contributed by atoms with Gasteiger partial charge in [0.05, 0.1) is 6.61 Å². The van der Waals surface area contributed by atoms with Crippen molar-refractivity contribution in [2.75, 3.05) is 20.2 Å². The van der Waals surface area contributed by atoms with E-state index >= 15 is 0 Å². The average molecular weight is 268 g/mol. The molecule has 0 amide bonds. The molecule has 0 aromatic heterocycles. The van der Waals surface area contributed by atoms with Crippen LogP contribution in [-0.4, -0.2) is 47.8 Å². The highest BCUT2D eigenvalue weighted by molar-refractivity contribution is 4.93. The number of fused-ring (bicyclic) bond motifs is 1. The predicted molar refractivity (Wildman–Crippen MR) is 80.3 cm³/mol. The standard InChI is InChI=1S/C16H32N2O/c1-13(11-16(2,12-19)17-3)18-10-6-8-14-7-4-5-9-15(14)18/h13-15,17,19H,4-12H2,1-3H3. The van der Waals surface area contributed by atoms with Crippen LogP contribution in [0.2, 0.25) is 0 Å². The van der Waals surface area contributed by atoms with Crippen LogP contribution >= 0.6 is 0 Å². The van der Waals surface area contributed by atoms with Gasteiger partial charge in [-0.25, -0.2) is 0 Å². The predicted octanol–water partition coefficient (Wildman–Crippen LogP) is 2.39. The van der Waals surface area contributed by atoms with Gasteiger partial charge in [0.2, 0.25) is 0 Å². The lowest BCUT2D eigenvalue weighted by Crippen LogP contribution is -2.55. The minimum Gasteiger partial charge on any atom is -0.394 e. The molecule has 0 bridgehead atoms. The zero-order valence-corrected chi connectivity index (χ0v) is 13.0. The molecule has 1 saturated heterocycles. The molecule has 112 valence electrons. The Bertz CT molecular complexity index is 276. The Morgan fingerprint density at radius 1 is 1.26 bits per heavy atom. The van der Waals surface area contributed by atoms with Gasteiger partial charge < -0.3 is 10.4 Å². The smallest absolute Gasteiger partial charge is 0.0611 e. The summed E-state index contributed by atoms with van der Waals surface area (Å²) in [4.78, 5) is 2.75. The molecule has 0 aromatic rings. The number of hydrogen-bond donors (Lipinski definition) is 2. The number of hydrogen-bond acceptors (Lipinski definition) is 3. The zero-order valence-electron chi connectivity index (χ0n) is 13.0. The summed E-state index contributed by atoms with van der Waals surface area (Å²) < 4.78 is 0. The highest BCUT2D eigenvalue weighted by Gasteiger charge is 2.37. The summed E-state index contributed by atoms with van der Waals surface area (Å²) in [6.45, 7) is 5.96. The van der Waals surface area contributed by atoms with Crippen molar-refractivity contribution in [2.45, 2.75) is 76.4 Å². The Morgan fingerprint density at radius 3 is 2.63 bits per heavy atom. The van der Waals surface area contributed by atoms with E-state index < -0.39 is 0 Å². The van der Waals surface area contributed by atoms with E-state index in [1.165, 1.54) is 45.1 Å². The van der Waals surface area contributed by atoms with Crippen molar-refractivity contribution in [3.63, 3.8) is 0 Å². The van der Waals surface area contributed by atoms with E-state index in [-0.39, 0.29) is 12.1 Å². The zero-order chi connectivity index (χ0) is 13.9. The molecule has 1 saturated carbocycles. The molecule has 1 aliphatic heterocycles. The van der Waals surface area contributed by atoms with E-state index in [4.69, 9.17) is 0 Å². The van der Waals surface area contributed by atoms with Gasteiger partial charge in [-0.1, -0.05) is 12.8 Å². The molecule has 2 rings (SSSR count). The maximum Gasteiger partial charge on any atom is 0.0611 e. The average Bonchev–Trinajstić information content (AvgIpc) is 2.46. The maximum absolute atomic E-state index is 9.58. The molecular weight excluding hydrogens is 236 g/mol. The first-order chi connectivity index (χ1) is 9.09. The van der Waals surface area contributed by atoms with Gasteiger partial charge in [0.25, 0.3) is 0 Å². The van der Waals surface area contributed by atoms with Gasteiger partial charge in [0, 0.05) is 17.6 Å². The molecule has 0 spiro atoms. The van der Waals surface area contributed by atoms with Gasteiger partial charge in [0.15, 0.2) is 0 Å². The number of rotatable bonds is 5. The number of likely N-dealkylation sites (tertiary alicyclic amines) is 1. The fraction of sp³-hybridized carbons (Fsp3) is 1.00. The first-order valence-electron chi connectivity index (χ1n) is 8.15. The van der Waals surface area contributed by atoms with Gasteiger partial charge in [-0.3, -0.25) is 4.90 Å². The minimum atomic E-state index is -0.138. The van der Waals surface area contributed by atoms with Crippen LogP contribution in [0.1, 0.15) is 58.8 Å². The fourth-order valence-electron chi connectivity index (χ4n) is 4.23. The number of likely N-dealkylation sites (N-methyl/N-ethyl adjacent to an activating group) is 1. The van der Waals surface area contributed by atoms with E-state index in [1.807, 2.05) is 7.05 Å². The van der Waals surface area contributed by atoms with Crippen LogP contribution in [0.4, 0.5) is 0 Å². The van der Waals surface area contributed by atoms with E-state index in [2.05, 4.69) is 24.1 Å². The second kappa shape index (κ2) is 6.55. The highest BCUT2D eigenvalue weighted by atomic mass is 16.3. The molecule has 0 radical (unpaired) electrons. The van der Waals surface area contributed by atoms with Gasteiger partial charge in [-0.15, -0.1) is 0 Å².